The van der Waals surface area contributed by atoms with E-state index in [-0.39, 0.29) is 22.3 Å². The molecule has 7 nitrogen and oxygen atoms in total. The molecule has 0 fully saturated rings. The molecule has 1 rings (SSSR count). The van der Waals surface area contributed by atoms with E-state index in [0.717, 1.165) is 11.3 Å². The van der Waals surface area contributed by atoms with Crippen LogP contribution in [0.15, 0.2) is 12.1 Å². The molecule has 18 heavy (non-hydrogen) atoms. The maximum atomic E-state index is 11.7. The lowest BCUT2D eigenvalue weighted by atomic mass is 10.2. The summed E-state index contributed by atoms with van der Waals surface area (Å²) in [5.41, 5.74) is 0. The van der Waals surface area contributed by atoms with Crippen LogP contribution in [0.5, 0.6) is 0 Å². The summed E-state index contributed by atoms with van der Waals surface area (Å²) in [7, 11) is 0. The highest BCUT2D eigenvalue weighted by molar-refractivity contribution is 7.17. The van der Waals surface area contributed by atoms with Crippen LogP contribution in [0.4, 0.5) is 5.00 Å². The number of nitrogens with one attached hydrogen (secondary N) is 1. The van der Waals surface area contributed by atoms with Crippen LogP contribution >= 0.6 is 11.3 Å². The van der Waals surface area contributed by atoms with Crippen LogP contribution < -0.4 is 5.32 Å². The minimum absolute atomic E-state index is 0.0357. The van der Waals surface area contributed by atoms with Crippen molar-refractivity contribution in [1.29, 1.82) is 0 Å². The Balaban J connectivity index is 2.53. The van der Waals surface area contributed by atoms with E-state index in [1.165, 1.54) is 12.1 Å². The van der Waals surface area contributed by atoms with E-state index in [4.69, 9.17) is 5.11 Å². The Bertz CT molecular complexity index is 471. The first-order valence-electron chi connectivity index (χ1n) is 5.17. The number of carbonyl (C=O) groups is 2. The van der Waals surface area contributed by atoms with Gasteiger partial charge in [0.1, 0.15) is 0 Å². The Hall–Kier alpha value is -1.96. The summed E-state index contributed by atoms with van der Waals surface area (Å²) in [6.07, 6.45) is 0.278. The normalized spacial score (nSPS) is 11.8. The molecule has 0 bridgehead atoms. The summed E-state index contributed by atoms with van der Waals surface area (Å²) in [5, 5.41) is 21.4. The molecule has 1 aromatic heterocycles. The summed E-state index contributed by atoms with van der Waals surface area (Å²) in [4.78, 5) is 32.2. The van der Waals surface area contributed by atoms with Gasteiger partial charge in [0.2, 0.25) is 0 Å². The molecule has 98 valence electrons. The number of hydrogen-bond acceptors (Lipinski definition) is 5. The number of nitro groups is 1. The zero-order chi connectivity index (χ0) is 13.7. The van der Waals surface area contributed by atoms with Crippen LogP contribution in [0.2, 0.25) is 0 Å². The van der Waals surface area contributed by atoms with Gasteiger partial charge in [-0.05, 0) is 19.4 Å². The summed E-state index contributed by atoms with van der Waals surface area (Å²) < 4.78 is 0. The van der Waals surface area contributed by atoms with E-state index < -0.39 is 16.8 Å². The topological polar surface area (TPSA) is 110 Å². The van der Waals surface area contributed by atoms with Gasteiger partial charge in [-0.3, -0.25) is 19.7 Å². The molecule has 0 radical (unpaired) electrons. The summed E-state index contributed by atoms with van der Waals surface area (Å²) >= 11 is 0.788. The van der Waals surface area contributed by atoms with Gasteiger partial charge >= 0.3 is 11.0 Å². The highest BCUT2D eigenvalue weighted by Gasteiger charge is 2.16. The number of thiophene rings is 1. The minimum Gasteiger partial charge on any atom is -0.481 e. The van der Waals surface area contributed by atoms with Crippen molar-refractivity contribution in [2.75, 3.05) is 0 Å². The molecule has 0 aliphatic rings. The highest BCUT2D eigenvalue weighted by Crippen LogP contribution is 2.23. The fourth-order valence-corrected chi connectivity index (χ4v) is 1.98. The second-order valence-corrected chi connectivity index (χ2v) is 4.76. The molecule has 0 aliphatic heterocycles. The van der Waals surface area contributed by atoms with E-state index in [1.54, 1.807) is 6.92 Å². The summed E-state index contributed by atoms with van der Waals surface area (Å²) in [6, 6.07) is 2.35. The first-order chi connectivity index (χ1) is 8.40. The lowest BCUT2D eigenvalue weighted by Gasteiger charge is -2.11. The van der Waals surface area contributed by atoms with Crippen LogP contribution in [0, 0.1) is 10.1 Å². The Kier molecular flexibility index (Phi) is 4.78. The maximum absolute atomic E-state index is 11.7. The first kappa shape index (κ1) is 14.1. The standard InChI is InChI=1S/C10H12N2O5S/c1-6(2-5-9(13)14)11-10(15)7-3-4-8(18-7)12(16)17/h3-4,6H,2,5H2,1H3,(H,11,15)(H,13,14). The largest absolute Gasteiger partial charge is 0.481 e. The Morgan fingerprint density at radius 2 is 2.22 bits per heavy atom. The molecule has 0 spiro atoms. The van der Waals surface area contributed by atoms with Gasteiger partial charge in [-0.1, -0.05) is 11.3 Å². The second kappa shape index (κ2) is 6.10. The Morgan fingerprint density at radius 1 is 1.56 bits per heavy atom. The number of amides is 1. The average Bonchev–Trinajstić information content (AvgIpc) is 2.75. The third-order valence-electron chi connectivity index (χ3n) is 2.16. The number of aliphatic carboxylic acids is 1. The van der Waals surface area contributed by atoms with Crippen LogP contribution in [0.3, 0.4) is 0 Å². The Morgan fingerprint density at radius 3 is 2.72 bits per heavy atom. The fraction of sp³-hybridized carbons (Fsp3) is 0.400. The average molecular weight is 272 g/mol. The molecule has 0 saturated carbocycles. The van der Waals surface area contributed by atoms with Crippen LogP contribution in [-0.4, -0.2) is 27.9 Å². The smallest absolute Gasteiger partial charge is 0.324 e. The first-order valence-corrected chi connectivity index (χ1v) is 5.98. The zero-order valence-electron chi connectivity index (χ0n) is 9.58. The van der Waals surface area contributed by atoms with Gasteiger partial charge in [0.05, 0.1) is 9.80 Å². The minimum atomic E-state index is -0.928. The Labute approximate surface area is 107 Å². The quantitative estimate of drug-likeness (QED) is 0.604. The van der Waals surface area contributed by atoms with Crippen molar-refractivity contribution in [3.63, 3.8) is 0 Å². The lowest BCUT2D eigenvalue weighted by molar-refractivity contribution is -0.380. The van der Waals surface area contributed by atoms with E-state index in [0.29, 0.717) is 6.42 Å². The highest BCUT2D eigenvalue weighted by atomic mass is 32.1. The monoisotopic (exact) mass is 272 g/mol. The van der Waals surface area contributed by atoms with E-state index in [2.05, 4.69) is 5.32 Å². The van der Waals surface area contributed by atoms with Gasteiger partial charge in [0.25, 0.3) is 5.91 Å². The lowest BCUT2D eigenvalue weighted by Crippen LogP contribution is -2.32. The van der Waals surface area contributed by atoms with Gasteiger partial charge in [0, 0.05) is 18.5 Å². The molecular weight excluding hydrogens is 260 g/mol. The molecule has 0 aliphatic carbocycles. The molecule has 0 aromatic carbocycles. The van der Waals surface area contributed by atoms with Gasteiger partial charge in [-0.2, -0.15) is 0 Å². The third kappa shape index (κ3) is 4.13. The predicted octanol–water partition coefficient (Wildman–Crippen LogP) is 1.64. The van der Waals surface area contributed by atoms with Gasteiger partial charge in [-0.15, -0.1) is 0 Å². The van der Waals surface area contributed by atoms with Crippen LogP contribution in [-0.2, 0) is 4.79 Å². The van der Waals surface area contributed by atoms with E-state index in [1.807, 2.05) is 0 Å². The van der Waals surface area contributed by atoms with Crippen molar-refractivity contribution < 1.29 is 19.6 Å². The summed E-state index contributed by atoms with van der Waals surface area (Å²) in [6.45, 7) is 1.68. The molecule has 1 amide bonds. The number of carboxylic acids is 1. The van der Waals surface area contributed by atoms with Gasteiger partial charge in [0.15, 0.2) is 0 Å². The van der Waals surface area contributed by atoms with Crippen molar-refractivity contribution in [2.24, 2.45) is 0 Å². The number of rotatable bonds is 6. The zero-order valence-corrected chi connectivity index (χ0v) is 10.4. The SMILES string of the molecule is CC(CCC(=O)O)NC(=O)c1ccc([N+](=O)[O-])s1. The number of nitrogens with zero attached hydrogens (tertiary/aromatic N) is 1. The molecule has 8 heteroatoms. The number of hydrogen-bond donors (Lipinski definition) is 2. The molecule has 1 aromatic rings. The van der Waals surface area contributed by atoms with Crippen LogP contribution in [0.1, 0.15) is 29.4 Å². The van der Waals surface area contributed by atoms with Crippen molar-refractivity contribution in [1.82, 2.24) is 5.32 Å². The molecule has 2 N–H and O–H groups in total. The number of carbonyl (C=O) groups excluding carboxylic acids is 1. The van der Waals surface area contributed by atoms with Crippen molar-refractivity contribution in [3.8, 4) is 0 Å². The number of carboxylic acid groups (broad SMARTS) is 1. The second-order valence-electron chi connectivity index (χ2n) is 3.70. The fourth-order valence-electron chi connectivity index (χ4n) is 1.25. The molecule has 1 atom stereocenters. The van der Waals surface area contributed by atoms with Crippen molar-refractivity contribution in [3.05, 3.63) is 27.1 Å². The molecular formula is C10H12N2O5S. The van der Waals surface area contributed by atoms with Crippen molar-refractivity contribution >= 4 is 28.2 Å². The van der Waals surface area contributed by atoms with Gasteiger partial charge < -0.3 is 10.4 Å². The molecule has 1 heterocycles. The third-order valence-corrected chi connectivity index (χ3v) is 3.20. The van der Waals surface area contributed by atoms with Crippen LogP contribution in [0.25, 0.3) is 0 Å². The molecule has 0 saturated heterocycles. The summed E-state index contributed by atoms with van der Waals surface area (Å²) in [5.74, 6) is -1.35. The van der Waals surface area contributed by atoms with E-state index >= 15 is 0 Å². The molecule has 1 unspecified atom stereocenters. The van der Waals surface area contributed by atoms with E-state index in [9.17, 15) is 19.7 Å². The van der Waals surface area contributed by atoms with Crippen molar-refractivity contribution in [2.45, 2.75) is 25.8 Å². The van der Waals surface area contributed by atoms with Gasteiger partial charge in [-0.25, -0.2) is 0 Å². The maximum Gasteiger partial charge on any atom is 0.324 e. The predicted molar refractivity (Wildman–Crippen MR) is 64.8 cm³/mol.